The third-order valence-electron chi connectivity index (χ3n) is 2.57. The zero-order valence-corrected chi connectivity index (χ0v) is 10.9. The highest BCUT2D eigenvalue weighted by Gasteiger charge is 2.08. The molecule has 0 aliphatic carbocycles. The molecule has 2 amide bonds. The Labute approximate surface area is 107 Å². The van der Waals surface area contributed by atoms with Crippen LogP contribution in [0.25, 0.3) is 0 Å². The fourth-order valence-electron chi connectivity index (χ4n) is 1.39. The average Bonchev–Trinajstić information content (AvgIpc) is 2.29. The van der Waals surface area contributed by atoms with E-state index in [-0.39, 0.29) is 11.8 Å². The van der Waals surface area contributed by atoms with E-state index in [2.05, 4.69) is 5.32 Å². The Morgan fingerprint density at radius 1 is 1.44 bits per heavy atom. The standard InChI is InChI=1S/C13H19N3O2/c1-9(14)13(18)15-12-6-4-5-11(7-12)8-16(3)10(2)17/h4-7,9H,8,14H2,1-3H3,(H,15,18). The number of anilines is 1. The average molecular weight is 249 g/mol. The summed E-state index contributed by atoms with van der Waals surface area (Å²) >= 11 is 0. The van der Waals surface area contributed by atoms with E-state index in [0.717, 1.165) is 5.56 Å². The minimum atomic E-state index is -0.548. The van der Waals surface area contributed by atoms with E-state index in [1.807, 2.05) is 18.2 Å². The van der Waals surface area contributed by atoms with Crippen LogP contribution in [0.5, 0.6) is 0 Å². The van der Waals surface area contributed by atoms with Gasteiger partial charge in [0, 0.05) is 26.2 Å². The molecule has 0 saturated carbocycles. The van der Waals surface area contributed by atoms with E-state index < -0.39 is 6.04 Å². The molecule has 1 aromatic carbocycles. The van der Waals surface area contributed by atoms with E-state index >= 15 is 0 Å². The van der Waals surface area contributed by atoms with Crippen LogP contribution in [0.2, 0.25) is 0 Å². The van der Waals surface area contributed by atoms with Crippen LogP contribution >= 0.6 is 0 Å². The maximum atomic E-state index is 11.5. The highest BCUT2D eigenvalue weighted by atomic mass is 16.2. The monoisotopic (exact) mass is 249 g/mol. The van der Waals surface area contributed by atoms with E-state index in [9.17, 15) is 9.59 Å². The first kappa shape index (κ1) is 14.2. The van der Waals surface area contributed by atoms with Gasteiger partial charge in [-0.05, 0) is 24.6 Å². The second kappa shape index (κ2) is 6.16. The summed E-state index contributed by atoms with van der Waals surface area (Å²) in [7, 11) is 1.73. The fraction of sp³-hybridized carbons (Fsp3) is 0.385. The Morgan fingerprint density at radius 2 is 2.11 bits per heavy atom. The van der Waals surface area contributed by atoms with Crippen molar-refractivity contribution in [1.82, 2.24) is 4.90 Å². The lowest BCUT2D eigenvalue weighted by molar-refractivity contribution is -0.128. The van der Waals surface area contributed by atoms with Gasteiger partial charge in [0.2, 0.25) is 11.8 Å². The van der Waals surface area contributed by atoms with Crippen molar-refractivity contribution >= 4 is 17.5 Å². The summed E-state index contributed by atoms with van der Waals surface area (Å²) < 4.78 is 0. The largest absolute Gasteiger partial charge is 0.342 e. The first-order chi connectivity index (χ1) is 8.40. The van der Waals surface area contributed by atoms with Crippen molar-refractivity contribution in [1.29, 1.82) is 0 Å². The molecule has 0 aliphatic rings. The summed E-state index contributed by atoms with van der Waals surface area (Å²) in [4.78, 5) is 24.2. The molecule has 0 aromatic heterocycles. The van der Waals surface area contributed by atoms with Crippen LogP contribution in [0.3, 0.4) is 0 Å². The van der Waals surface area contributed by atoms with Gasteiger partial charge in [0.15, 0.2) is 0 Å². The Bertz CT molecular complexity index is 444. The van der Waals surface area contributed by atoms with Gasteiger partial charge in [0.1, 0.15) is 0 Å². The Balaban J connectivity index is 2.73. The smallest absolute Gasteiger partial charge is 0.240 e. The molecule has 0 aliphatic heterocycles. The number of nitrogens with zero attached hydrogens (tertiary/aromatic N) is 1. The lowest BCUT2D eigenvalue weighted by Gasteiger charge is -2.15. The Kier molecular flexibility index (Phi) is 4.85. The maximum Gasteiger partial charge on any atom is 0.240 e. The molecule has 0 fully saturated rings. The molecule has 1 atom stereocenters. The van der Waals surface area contributed by atoms with Crippen molar-refractivity contribution < 1.29 is 9.59 Å². The quantitative estimate of drug-likeness (QED) is 0.834. The van der Waals surface area contributed by atoms with Crippen molar-refractivity contribution in [2.24, 2.45) is 5.73 Å². The second-order valence-corrected chi connectivity index (χ2v) is 4.35. The molecule has 3 N–H and O–H groups in total. The summed E-state index contributed by atoms with van der Waals surface area (Å²) in [6.07, 6.45) is 0. The normalized spacial score (nSPS) is 11.8. The number of rotatable bonds is 4. The van der Waals surface area contributed by atoms with Crippen molar-refractivity contribution in [2.45, 2.75) is 26.4 Å². The number of carbonyl (C=O) groups is 2. The number of hydrogen-bond donors (Lipinski definition) is 2. The third kappa shape index (κ3) is 4.18. The fourth-order valence-corrected chi connectivity index (χ4v) is 1.39. The van der Waals surface area contributed by atoms with Crippen LogP contribution < -0.4 is 11.1 Å². The van der Waals surface area contributed by atoms with Gasteiger partial charge in [-0.25, -0.2) is 0 Å². The summed E-state index contributed by atoms with van der Waals surface area (Å²) in [5, 5.41) is 2.72. The summed E-state index contributed by atoms with van der Waals surface area (Å²) in [5.74, 6) is -0.230. The van der Waals surface area contributed by atoms with Crippen LogP contribution in [0.15, 0.2) is 24.3 Å². The predicted octanol–water partition coefficient (Wildman–Crippen LogP) is 0.951. The molecule has 1 unspecified atom stereocenters. The Morgan fingerprint density at radius 3 is 2.67 bits per heavy atom. The molecule has 0 heterocycles. The number of carbonyl (C=O) groups excluding carboxylic acids is 2. The van der Waals surface area contributed by atoms with E-state index in [1.165, 1.54) is 6.92 Å². The maximum absolute atomic E-state index is 11.5. The van der Waals surface area contributed by atoms with Gasteiger partial charge < -0.3 is 16.0 Å². The van der Waals surface area contributed by atoms with Crippen LogP contribution in [0.4, 0.5) is 5.69 Å². The molecule has 0 radical (unpaired) electrons. The zero-order chi connectivity index (χ0) is 13.7. The zero-order valence-electron chi connectivity index (χ0n) is 10.9. The van der Waals surface area contributed by atoms with Crippen LogP contribution in [-0.4, -0.2) is 29.8 Å². The van der Waals surface area contributed by atoms with Gasteiger partial charge in [-0.15, -0.1) is 0 Å². The summed E-state index contributed by atoms with van der Waals surface area (Å²) in [6.45, 7) is 3.65. The van der Waals surface area contributed by atoms with Crippen LogP contribution in [0.1, 0.15) is 19.4 Å². The summed E-state index contributed by atoms with van der Waals surface area (Å²) in [6, 6.07) is 6.81. The van der Waals surface area contributed by atoms with Crippen LogP contribution in [0, 0.1) is 0 Å². The molecule has 98 valence electrons. The van der Waals surface area contributed by atoms with Gasteiger partial charge in [-0.1, -0.05) is 12.1 Å². The van der Waals surface area contributed by atoms with E-state index in [0.29, 0.717) is 12.2 Å². The first-order valence-electron chi connectivity index (χ1n) is 5.77. The van der Waals surface area contributed by atoms with Gasteiger partial charge >= 0.3 is 0 Å². The molecular weight excluding hydrogens is 230 g/mol. The predicted molar refractivity (Wildman–Crippen MR) is 70.9 cm³/mol. The van der Waals surface area contributed by atoms with Gasteiger partial charge in [0.05, 0.1) is 6.04 Å². The van der Waals surface area contributed by atoms with Gasteiger partial charge in [0.25, 0.3) is 0 Å². The summed E-state index contributed by atoms with van der Waals surface area (Å²) in [5.41, 5.74) is 7.12. The molecule has 1 aromatic rings. The SMILES string of the molecule is CC(=O)N(C)Cc1cccc(NC(=O)C(C)N)c1. The van der Waals surface area contributed by atoms with Crippen molar-refractivity contribution in [2.75, 3.05) is 12.4 Å². The van der Waals surface area contributed by atoms with Crippen molar-refractivity contribution in [3.8, 4) is 0 Å². The topological polar surface area (TPSA) is 75.4 Å². The number of benzene rings is 1. The molecule has 5 heteroatoms. The third-order valence-corrected chi connectivity index (χ3v) is 2.57. The molecule has 0 spiro atoms. The highest BCUT2D eigenvalue weighted by molar-refractivity contribution is 5.94. The van der Waals surface area contributed by atoms with Crippen LogP contribution in [-0.2, 0) is 16.1 Å². The molecule has 0 bridgehead atoms. The number of hydrogen-bond acceptors (Lipinski definition) is 3. The lowest BCUT2D eigenvalue weighted by Crippen LogP contribution is -2.32. The Hall–Kier alpha value is -1.88. The first-order valence-corrected chi connectivity index (χ1v) is 5.77. The van der Waals surface area contributed by atoms with Gasteiger partial charge in [-0.3, -0.25) is 9.59 Å². The molecule has 18 heavy (non-hydrogen) atoms. The second-order valence-electron chi connectivity index (χ2n) is 4.35. The molecule has 5 nitrogen and oxygen atoms in total. The minimum absolute atomic E-state index is 0.0000176. The van der Waals surface area contributed by atoms with Crippen molar-refractivity contribution in [3.63, 3.8) is 0 Å². The molecule has 0 saturated heterocycles. The molecule has 1 rings (SSSR count). The number of nitrogens with one attached hydrogen (secondary N) is 1. The minimum Gasteiger partial charge on any atom is -0.342 e. The van der Waals surface area contributed by atoms with E-state index in [4.69, 9.17) is 5.73 Å². The highest BCUT2D eigenvalue weighted by Crippen LogP contribution is 2.12. The van der Waals surface area contributed by atoms with Crippen molar-refractivity contribution in [3.05, 3.63) is 29.8 Å². The van der Waals surface area contributed by atoms with Gasteiger partial charge in [-0.2, -0.15) is 0 Å². The lowest BCUT2D eigenvalue weighted by atomic mass is 10.2. The molecular formula is C13H19N3O2. The van der Waals surface area contributed by atoms with E-state index in [1.54, 1.807) is 24.9 Å². The number of nitrogens with two attached hydrogens (primary N) is 1. The number of amides is 2.